The Bertz CT molecular complexity index is 1510. The minimum absolute atomic E-state index is 0.0101. The molecule has 0 atom stereocenters. The largest absolute Gasteiger partial charge is 0.482 e. The monoisotopic (exact) mass is 595 g/mol. The fourth-order valence-corrected chi connectivity index (χ4v) is 6.62. The summed E-state index contributed by atoms with van der Waals surface area (Å²) < 4.78 is 47.1. The number of alkyl halides is 3. The van der Waals surface area contributed by atoms with Crippen molar-refractivity contribution in [2.24, 2.45) is 0 Å². The Hall–Kier alpha value is -3.86. The number of hydrogen-bond acceptors (Lipinski definition) is 5. The molecule has 1 saturated heterocycles. The van der Waals surface area contributed by atoms with Crippen molar-refractivity contribution in [1.82, 2.24) is 19.6 Å². The Morgan fingerprint density at radius 2 is 1.79 bits per heavy atom. The molecule has 3 aliphatic rings. The number of fused-ring (bicyclic) bond motifs is 2. The molecule has 6 rings (SSSR count). The number of piperidine rings is 1. The molecule has 3 aliphatic heterocycles. The molecule has 0 radical (unpaired) electrons. The Morgan fingerprint density at radius 3 is 2.49 bits per heavy atom. The Labute approximate surface area is 249 Å². The highest BCUT2D eigenvalue weighted by Gasteiger charge is 2.35. The lowest BCUT2D eigenvalue weighted by Crippen LogP contribution is -2.51. The van der Waals surface area contributed by atoms with Crippen LogP contribution in [-0.2, 0) is 35.3 Å². The molecule has 0 N–H and O–H groups in total. The van der Waals surface area contributed by atoms with E-state index in [-0.39, 0.29) is 24.5 Å². The van der Waals surface area contributed by atoms with Crippen LogP contribution in [0.5, 0.6) is 5.75 Å². The first-order valence-electron chi connectivity index (χ1n) is 14.9. The number of aryl methyl sites for hydroxylation is 2. The average Bonchev–Trinajstić information content (AvgIpc) is 3.35. The van der Waals surface area contributed by atoms with Gasteiger partial charge in [0, 0.05) is 68.9 Å². The van der Waals surface area contributed by atoms with Crippen molar-refractivity contribution in [3.63, 3.8) is 0 Å². The molecule has 228 valence electrons. The van der Waals surface area contributed by atoms with E-state index >= 15 is 0 Å². The van der Waals surface area contributed by atoms with Crippen molar-refractivity contribution in [3.8, 4) is 17.0 Å². The maximum absolute atomic E-state index is 13.2. The number of amides is 2. The first kappa shape index (κ1) is 29.2. The van der Waals surface area contributed by atoms with Gasteiger partial charge in [0.15, 0.2) is 6.61 Å². The maximum atomic E-state index is 13.2. The summed E-state index contributed by atoms with van der Waals surface area (Å²) in [5.74, 6) is 0.750. The van der Waals surface area contributed by atoms with E-state index in [2.05, 4.69) is 4.90 Å². The molecule has 0 saturated carbocycles. The zero-order chi connectivity index (χ0) is 30.3. The van der Waals surface area contributed by atoms with Crippen molar-refractivity contribution in [2.45, 2.75) is 64.8 Å². The first-order valence-corrected chi connectivity index (χ1v) is 14.9. The highest BCUT2D eigenvalue weighted by molar-refractivity contribution is 5.99. The van der Waals surface area contributed by atoms with Gasteiger partial charge in [-0.25, -0.2) is 0 Å². The van der Waals surface area contributed by atoms with Crippen LogP contribution in [0.15, 0.2) is 42.5 Å². The number of para-hydroxylation sites is 1. The molecule has 0 spiro atoms. The van der Waals surface area contributed by atoms with E-state index in [0.29, 0.717) is 37.3 Å². The number of anilines is 1. The summed E-state index contributed by atoms with van der Waals surface area (Å²) >= 11 is 0. The molecule has 0 unspecified atom stereocenters. The normalized spacial score (nSPS) is 17.9. The summed E-state index contributed by atoms with van der Waals surface area (Å²) in [5.41, 5.74) is 4.45. The molecule has 43 heavy (non-hydrogen) atoms. The van der Waals surface area contributed by atoms with Crippen LogP contribution >= 0.6 is 0 Å². The number of carbonyl (C=O) groups excluding carboxylic acids is 2. The van der Waals surface area contributed by atoms with Crippen LogP contribution in [0.25, 0.3) is 11.3 Å². The summed E-state index contributed by atoms with van der Waals surface area (Å²) in [5, 5.41) is 4.86. The second-order valence-corrected chi connectivity index (χ2v) is 11.7. The molecular formula is C32H36F3N5O3. The first-order chi connectivity index (χ1) is 20.6. The quantitative estimate of drug-likeness (QED) is 0.399. The van der Waals surface area contributed by atoms with Crippen LogP contribution in [0.4, 0.5) is 18.9 Å². The zero-order valence-electron chi connectivity index (χ0n) is 24.5. The van der Waals surface area contributed by atoms with Gasteiger partial charge in [-0.3, -0.25) is 14.3 Å². The van der Waals surface area contributed by atoms with Gasteiger partial charge in [0.05, 0.1) is 16.9 Å². The Balaban J connectivity index is 1.11. The average molecular weight is 596 g/mol. The maximum Gasteiger partial charge on any atom is 0.416 e. The summed E-state index contributed by atoms with van der Waals surface area (Å²) in [7, 11) is 0. The third-order valence-corrected chi connectivity index (χ3v) is 8.89. The molecule has 0 aliphatic carbocycles. The van der Waals surface area contributed by atoms with E-state index < -0.39 is 11.7 Å². The third-order valence-electron chi connectivity index (χ3n) is 8.89. The predicted octanol–water partition coefficient (Wildman–Crippen LogP) is 5.06. The van der Waals surface area contributed by atoms with Gasteiger partial charge in [-0.1, -0.05) is 24.3 Å². The summed E-state index contributed by atoms with van der Waals surface area (Å²) in [6, 6.07) is 11.1. The van der Waals surface area contributed by atoms with Gasteiger partial charge in [-0.05, 0) is 56.5 Å². The molecule has 8 nitrogen and oxygen atoms in total. The SMILES string of the molecule is CC(=O)N1CCc2c(c(-c3ccc(C(F)(F)F)cc3)nn2CCCN2CCC(N3C(=O)COc4cccc(C)c43)CC2)C1. The minimum Gasteiger partial charge on any atom is -0.482 e. The van der Waals surface area contributed by atoms with E-state index in [1.165, 1.54) is 19.1 Å². The lowest BCUT2D eigenvalue weighted by atomic mass is 9.99. The molecule has 2 aromatic carbocycles. The number of nitrogens with zero attached hydrogens (tertiary/aromatic N) is 5. The van der Waals surface area contributed by atoms with Gasteiger partial charge < -0.3 is 19.4 Å². The molecule has 4 heterocycles. The van der Waals surface area contributed by atoms with Crippen LogP contribution in [-0.4, -0.2) is 70.2 Å². The van der Waals surface area contributed by atoms with Crippen molar-refractivity contribution in [1.29, 1.82) is 0 Å². The van der Waals surface area contributed by atoms with Gasteiger partial charge in [-0.2, -0.15) is 18.3 Å². The Morgan fingerprint density at radius 1 is 1.05 bits per heavy atom. The van der Waals surface area contributed by atoms with E-state index in [0.717, 1.165) is 79.3 Å². The minimum atomic E-state index is -4.40. The van der Waals surface area contributed by atoms with Crippen molar-refractivity contribution >= 4 is 17.5 Å². The van der Waals surface area contributed by atoms with Gasteiger partial charge in [0.2, 0.25) is 5.91 Å². The number of hydrogen-bond donors (Lipinski definition) is 0. The highest BCUT2D eigenvalue weighted by atomic mass is 19.4. The van der Waals surface area contributed by atoms with Gasteiger partial charge in [0.25, 0.3) is 5.91 Å². The summed E-state index contributed by atoms with van der Waals surface area (Å²) in [6.45, 7) is 7.94. The topological polar surface area (TPSA) is 70.9 Å². The molecule has 2 amide bonds. The van der Waals surface area contributed by atoms with E-state index in [4.69, 9.17) is 9.84 Å². The van der Waals surface area contributed by atoms with Gasteiger partial charge >= 0.3 is 6.18 Å². The van der Waals surface area contributed by atoms with Crippen LogP contribution in [0, 0.1) is 6.92 Å². The number of rotatable bonds is 6. The standard InChI is InChI=1S/C32H36F3N5O3/c1-21-5-3-6-28-31(21)40(29(42)20-43-28)25-11-16-37(17-12-25)14-4-15-39-27-13-18-38(22(2)41)19-26(27)30(36-39)23-7-9-24(10-8-23)32(33,34)35/h3,5-10,25H,4,11-20H2,1-2H3. The molecule has 11 heteroatoms. The third kappa shape index (κ3) is 5.87. The van der Waals surface area contributed by atoms with Gasteiger partial charge in [-0.15, -0.1) is 0 Å². The van der Waals surface area contributed by atoms with E-state index in [1.54, 1.807) is 4.90 Å². The van der Waals surface area contributed by atoms with Crippen molar-refractivity contribution in [3.05, 3.63) is 64.8 Å². The summed E-state index contributed by atoms with van der Waals surface area (Å²) in [6.07, 6.45) is -1.12. The van der Waals surface area contributed by atoms with Crippen molar-refractivity contribution in [2.75, 3.05) is 37.7 Å². The van der Waals surface area contributed by atoms with E-state index in [9.17, 15) is 22.8 Å². The van der Waals surface area contributed by atoms with Crippen LogP contribution < -0.4 is 9.64 Å². The second-order valence-electron chi connectivity index (χ2n) is 11.7. The number of likely N-dealkylation sites (tertiary alicyclic amines) is 1. The highest BCUT2D eigenvalue weighted by Crippen LogP contribution is 2.38. The molecule has 0 bridgehead atoms. The molecule has 3 aromatic rings. The molecular weight excluding hydrogens is 559 g/mol. The number of ether oxygens (including phenoxy) is 1. The lowest BCUT2D eigenvalue weighted by molar-refractivity contribution is -0.137. The Kier molecular flexibility index (Phi) is 7.93. The smallest absolute Gasteiger partial charge is 0.416 e. The van der Waals surface area contributed by atoms with Crippen LogP contribution in [0.3, 0.4) is 0 Å². The predicted molar refractivity (Wildman–Crippen MR) is 156 cm³/mol. The summed E-state index contributed by atoms with van der Waals surface area (Å²) in [4.78, 5) is 31.1. The molecule has 1 aromatic heterocycles. The second kappa shape index (κ2) is 11.7. The van der Waals surface area contributed by atoms with Crippen molar-refractivity contribution < 1.29 is 27.5 Å². The number of carbonyl (C=O) groups is 2. The zero-order valence-corrected chi connectivity index (χ0v) is 24.5. The number of halogens is 3. The number of aromatic nitrogens is 2. The molecule has 1 fully saturated rings. The number of benzene rings is 2. The fraction of sp³-hybridized carbons (Fsp3) is 0.469. The van der Waals surface area contributed by atoms with Crippen LogP contribution in [0.2, 0.25) is 0 Å². The lowest BCUT2D eigenvalue weighted by Gasteiger charge is -2.41. The van der Waals surface area contributed by atoms with E-state index in [1.807, 2.05) is 34.7 Å². The fourth-order valence-electron chi connectivity index (χ4n) is 6.62. The van der Waals surface area contributed by atoms with Gasteiger partial charge in [0.1, 0.15) is 5.75 Å². The van der Waals surface area contributed by atoms with Crippen LogP contribution in [0.1, 0.15) is 48.6 Å².